The molecule has 1 unspecified atom stereocenters. The van der Waals surface area contributed by atoms with E-state index in [0.717, 1.165) is 22.3 Å². The molecule has 176 valence electrons. The molecule has 1 aliphatic carbocycles. The van der Waals surface area contributed by atoms with E-state index in [2.05, 4.69) is 34.9 Å². The van der Waals surface area contributed by atoms with Gasteiger partial charge in [-0.05, 0) is 41.5 Å². The highest BCUT2D eigenvalue weighted by Gasteiger charge is 2.29. The van der Waals surface area contributed by atoms with Gasteiger partial charge in [0.05, 0.1) is 6.10 Å². The Bertz CT molecular complexity index is 960. The van der Waals surface area contributed by atoms with Crippen molar-refractivity contribution in [2.24, 2.45) is 5.92 Å². The van der Waals surface area contributed by atoms with Gasteiger partial charge in [0.1, 0.15) is 6.61 Å². The highest BCUT2D eigenvalue weighted by molar-refractivity contribution is 5.84. The van der Waals surface area contributed by atoms with Crippen LogP contribution in [0.3, 0.4) is 0 Å². The zero-order valence-corrected chi connectivity index (χ0v) is 18.8. The molecule has 0 radical (unpaired) electrons. The highest BCUT2D eigenvalue weighted by Crippen LogP contribution is 2.44. The fourth-order valence-electron chi connectivity index (χ4n) is 4.02. The van der Waals surface area contributed by atoms with E-state index in [1.165, 1.54) is 6.92 Å². The molecule has 0 aliphatic heterocycles. The van der Waals surface area contributed by atoms with E-state index in [-0.39, 0.29) is 24.9 Å². The zero-order chi connectivity index (χ0) is 24.0. The first-order valence-corrected chi connectivity index (χ1v) is 11.1. The number of alkyl carbamates (subject to hydrolysis) is 1. The molecule has 2 amide bonds. The number of aliphatic carboxylic acids is 1. The lowest BCUT2D eigenvalue weighted by Crippen LogP contribution is -2.47. The Morgan fingerprint density at radius 3 is 2.12 bits per heavy atom. The van der Waals surface area contributed by atoms with Crippen molar-refractivity contribution >= 4 is 18.0 Å². The lowest BCUT2D eigenvalue weighted by Gasteiger charge is -2.18. The van der Waals surface area contributed by atoms with Crippen LogP contribution in [0.4, 0.5) is 4.79 Å². The van der Waals surface area contributed by atoms with Crippen molar-refractivity contribution in [2.45, 2.75) is 44.8 Å². The Morgan fingerprint density at radius 1 is 1.00 bits per heavy atom. The molecule has 0 spiro atoms. The number of amides is 2. The third-order valence-corrected chi connectivity index (χ3v) is 5.87. The van der Waals surface area contributed by atoms with Gasteiger partial charge in [0.15, 0.2) is 6.04 Å². The molecule has 0 saturated carbocycles. The summed E-state index contributed by atoms with van der Waals surface area (Å²) in [6.45, 7) is 3.73. The van der Waals surface area contributed by atoms with Crippen molar-refractivity contribution < 1.29 is 29.3 Å². The predicted molar refractivity (Wildman–Crippen MR) is 123 cm³/mol. The monoisotopic (exact) mass is 454 g/mol. The minimum absolute atomic E-state index is 0.0135. The van der Waals surface area contributed by atoms with Crippen molar-refractivity contribution in [3.8, 4) is 11.1 Å². The summed E-state index contributed by atoms with van der Waals surface area (Å²) in [4.78, 5) is 35.3. The van der Waals surface area contributed by atoms with E-state index in [4.69, 9.17) is 9.84 Å². The number of hydrogen-bond donors (Lipinski definition) is 4. The van der Waals surface area contributed by atoms with E-state index in [0.29, 0.717) is 13.0 Å². The summed E-state index contributed by atoms with van der Waals surface area (Å²) in [6, 6.07) is 14.9. The molecule has 33 heavy (non-hydrogen) atoms. The molecule has 0 fully saturated rings. The van der Waals surface area contributed by atoms with Crippen LogP contribution >= 0.6 is 0 Å². The first-order chi connectivity index (χ1) is 15.8. The lowest BCUT2D eigenvalue weighted by molar-refractivity contribution is -0.144. The largest absolute Gasteiger partial charge is 0.480 e. The van der Waals surface area contributed by atoms with Crippen LogP contribution in [0.25, 0.3) is 11.1 Å². The van der Waals surface area contributed by atoms with Crippen LogP contribution in [0.1, 0.15) is 43.7 Å². The van der Waals surface area contributed by atoms with Crippen molar-refractivity contribution in [3.63, 3.8) is 0 Å². The summed E-state index contributed by atoms with van der Waals surface area (Å²) in [5.74, 6) is -1.79. The Morgan fingerprint density at radius 2 is 1.58 bits per heavy atom. The number of carboxylic acid groups (broad SMARTS) is 1. The zero-order valence-electron chi connectivity index (χ0n) is 18.8. The second kappa shape index (κ2) is 11.0. The van der Waals surface area contributed by atoms with Crippen LogP contribution in [0.15, 0.2) is 48.5 Å². The normalized spacial score (nSPS) is 15.0. The highest BCUT2D eigenvalue weighted by atomic mass is 16.5. The van der Waals surface area contributed by atoms with Crippen LogP contribution in [-0.4, -0.2) is 53.5 Å². The van der Waals surface area contributed by atoms with E-state index < -0.39 is 30.1 Å². The number of carbonyl (C=O) groups excluding carboxylic acids is 2. The van der Waals surface area contributed by atoms with Gasteiger partial charge in [0, 0.05) is 18.9 Å². The van der Waals surface area contributed by atoms with Gasteiger partial charge in [0.2, 0.25) is 5.91 Å². The second-order valence-electron chi connectivity index (χ2n) is 8.47. The minimum Gasteiger partial charge on any atom is -0.480 e. The van der Waals surface area contributed by atoms with Gasteiger partial charge in [-0.2, -0.15) is 0 Å². The van der Waals surface area contributed by atoms with Crippen LogP contribution in [0.5, 0.6) is 0 Å². The molecular weight excluding hydrogens is 424 g/mol. The number of nitrogens with one attached hydrogen (secondary N) is 2. The van der Waals surface area contributed by atoms with Gasteiger partial charge >= 0.3 is 12.1 Å². The van der Waals surface area contributed by atoms with Crippen molar-refractivity contribution in [3.05, 3.63) is 59.7 Å². The topological polar surface area (TPSA) is 125 Å². The van der Waals surface area contributed by atoms with Crippen LogP contribution in [-0.2, 0) is 14.3 Å². The molecule has 1 aliphatic rings. The van der Waals surface area contributed by atoms with Gasteiger partial charge in [-0.3, -0.25) is 4.79 Å². The fourth-order valence-corrected chi connectivity index (χ4v) is 4.02. The number of benzene rings is 2. The predicted octanol–water partition coefficient (Wildman–Crippen LogP) is 2.89. The van der Waals surface area contributed by atoms with Gasteiger partial charge < -0.3 is 25.6 Å². The number of aliphatic hydroxyl groups is 1. The fraction of sp³-hybridized carbons (Fsp3) is 0.400. The molecule has 4 N–H and O–H groups in total. The molecule has 3 atom stereocenters. The summed E-state index contributed by atoms with van der Waals surface area (Å²) in [7, 11) is 0. The maximum Gasteiger partial charge on any atom is 0.407 e. The molecule has 0 bridgehead atoms. The summed E-state index contributed by atoms with van der Waals surface area (Å²) in [5.41, 5.74) is 4.61. The minimum atomic E-state index is -1.34. The smallest absolute Gasteiger partial charge is 0.407 e. The number of hydrogen-bond acceptors (Lipinski definition) is 5. The molecule has 0 heterocycles. The Kier molecular flexibility index (Phi) is 8.06. The van der Waals surface area contributed by atoms with Crippen LogP contribution in [0, 0.1) is 5.92 Å². The number of carboxylic acids is 1. The van der Waals surface area contributed by atoms with Crippen molar-refractivity contribution in [1.82, 2.24) is 10.6 Å². The third-order valence-electron chi connectivity index (χ3n) is 5.87. The van der Waals surface area contributed by atoms with Crippen LogP contribution < -0.4 is 10.6 Å². The number of aliphatic hydroxyl groups excluding tert-OH is 1. The maximum absolute atomic E-state index is 12.3. The molecule has 0 aromatic heterocycles. The number of carbonyl (C=O) groups is 3. The van der Waals surface area contributed by atoms with E-state index in [1.807, 2.05) is 31.2 Å². The van der Waals surface area contributed by atoms with Gasteiger partial charge in [-0.15, -0.1) is 0 Å². The van der Waals surface area contributed by atoms with Gasteiger partial charge in [-0.1, -0.05) is 55.5 Å². The van der Waals surface area contributed by atoms with Crippen LogP contribution in [0.2, 0.25) is 0 Å². The summed E-state index contributed by atoms with van der Waals surface area (Å²) >= 11 is 0. The molecule has 3 rings (SSSR count). The summed E-state index contributed by atoms with van der Waals surface area (Å²) < 4.78 is 5.50. The van der Waals surface area contributed by atoms with Gasteiger partial charge in [-0.25, -0.2) is 9.59 Å². The average Bonchev–Trinajstić information content (AvgIpc) is 3.11. The summed E-state index contributed by atoms with van der Waals surface area (Å²) in [6.07, 6.45) is -1.18. The summed E-state index contributed by atoms with van der Waals surface area (Å²) in [5, 5.41) is 23.5. The Balaban J connectivity index is 1.43. The van der Waals surface area contributed by atoms with Gasteiger partial charge in [0.25, 0.3) is 0 Å². The molecule has 8 nitrogen and oxygen atoms in total. The molecular formula is C25H30N2O6. The lowest BCUT2D eigenvalue weighted by atomic mass is 9.98. The van der Waals surface area contributed by atoms with Crippen molar-refractivity contribution in [2.75, 3.05) is 13.2 Å². The average molecular weight is 455 g/mol. The molecule has 2 aromatic rings. The first kappa shape index (κ1) is 24.3. The first-order valence-electron chi connectivity index (χ1n) is 11.1. The SMILES string of the molecule is CC(CCC(=O)N[C@H](C(=O)O)[C@@H](C)O)CNC(=O)OCC1c2ccccc2-c2ccccc21. The molecule has 2 aromatic carbocycles. The van der Waals surface area contributed by atoms with E-state index >= 15 is 0 Å². The standard InChI is InChI=1S/C25H30N2O6/c1-15(11-12-22(29)27-23(16(2)28)24(30)31)13-26-25(32)33-14-21-19-9-5-3-7-17(19)18-8-4-6-10-20(18)21/h3-10,15-16,21,23,28H,11-14H2,1-2H3,(H,26,32)(H,27,29)(H,30,31)/t15?,16-,23+/m1/s1. The number of fused-ring (bicyclic) bond motifs is 3. The third kappa shape index (κ3) is 6.10. The molecule has 0 saturated heterocycles. The number of ether oxygens (including phenoxy) is 1. The Labute approximate surface area is 193 Å². The number of rotatable bonds is 10. The van der Waals surface area contributed by atoms with Crippen molar-refractivity contribution in [1.29, 1.82) is 0 Å². The second-order valence-corrected chi connectivity index (χ2v) is 8.47. The quantitative estimate of drug-likeness (QED) is 0.438. The maximum atomic E-state index is 12.3. The van der Waals surface area contributed by atoms with E-state index in [9.17, 15) is 19.5 Å². The van der Waals surface area contributed by atoms with E-state index in [1.54, 1.807) is 0 Å². The Hall–Kier alpha value is -3.39. The molecule has 8 heteroatoms.